The predicted octanol–water partition coefficient (Wildman–Crippen LogP) is -0.663. The predicted molar refractivity (Wildman–Crippen MR) is 102 cm³/mol. The molecule has 0 bridgehead atoms. The number of piperidine rings is 1. The van der Waals surface area contributed by atoms with Crippen LogP contribution in [0.2, 0.25) is 0 Å². The summed E-state index contributed by atoms with van der Waals surface area (Å²) in [5.74, 6) is -0.151. The molecule has 0 unspecified atom stereocenters. The van der Waals surface area contributed by atoms with Gasteiger partial charge in [-0.3, -0.25) is 19.1 Å². The fraction of sp³-hybridized carbons (Fsp3) is 0.421. The fourth-order valence-electron chi connectivity index (χ4n) is 3.49. The molecular formula is C19H24N4O5. The highest BCUT2D eigenvalue weighted by Crippen LogP contribution is 2.31. The van der Waals surface area contributed by atoms with Crippen LogP contribution in [0.1, 0.15) is 24.9 Å². The van der Waals surface area contributed by atoms with Gasteiger partial charge in [0.15, 0.2) is 0 Å². The number of nitrogens with zero attached hydrogens (tertiary/aromatic N) is 2. The van der Waals surface area contributed by atoms with Crippen molar-refractivity contribution < 1.29 is 15.0 Å². The molecule has 1 aliphatic rings. The third-order valence-corrected chi connectivity index (χ3v) is 5.21. The quantitative estimate of drug-likeness (QED) is 0.548. The van der Waals surface area contributed by atoms with E-state index in [0.29, 0.717) is 13.0 Å². The number of carbonyl (C=O) groups excluding carboxylic acids is 1. The first-order valence-electron chi connectivity index (χ1n) is 9.03. The Bertz CT molecular complexity index is 963. The Morgan fingerprint density at radius 2 is 2.00 bits per heavy atom. The summed E-state index contributed by atoms with van der Waals surface area (Å²) >= 11 is 0. The number of H-pyrrole nitrogens is 1. The van der Waals surface area contributed by atoms with Gasteiger partial charge in [-0.15, -0.1) is 0 Å². The summed E-state index contributed by atoms with van der Waals surface area (Å²) < 4.78 is 1.24. The number of aromatic hydroxyl groups is 1. The van der Waals surface area contributed by atoms with Crippen molar-refractivity contribution in [2.24, 2.45) is 5.73 Å². The van der Waals surface area contributed by atoms with E-state index in [1.807, 2.05) is 0 Å². The number of hydrogen-bond donors (Lipinski definition) is 4. The van der Waals surface area contributed by atoms with E-state index in [1.165, 1.54) is 33.9 Å². The summed E-state index contributed by atoms with van der Waals surface area (Å²) in [5, 5.41) is 20.1. The number of phenolic OH excluding ortho intramolecular Hbond substituents is 1. The summed E-state index contributed by atoms with van der Waals surface area (Å²) in [6.45, 7) is 2.01. The van der Waals surface area contributed by atoms with E-state index in [0.717, 1.165) is 5.56 Å². The number of nitrogens with one attached hydrogen (secondary N) is 1. The van der Waals surface area contributed by atoms with Crippen LogP contribution in [-0.2, 0) is 11.2 Å². The van der Waals surface area contributed by atoms with Crippen molar-refractivity contribution in [2.75, 3.05) is 13.1 Å². The number of aromatic nitrogens is 2. The highest BCUT2D eigenvalue weighted by molar-refractivity contribution is 5.82. The van der Waals surface area contributed by atoms with E-state index in [1.54, 1.807) is 19.1 Å². The zero-order valence-electron chi connectivity index (χ0n) is 15.5. The van der Waals surface area contributed by atoms with Gasteiger partial charge in [0.25, 0.3) is 5.56 Å². The third-order valence-electron chi connectivity index (χ3n) is 5.21. The standard InChI is InChI=1S/C19H24N4O5/c1-19(28)7-9-22(11-15(19)23-8-6-16(25)21-18(23)27)17(26)14(20)10-12-2-4-13(24)5-3-12/h2-6,8,14-15,24,28H,7,9-11,20H2,1H3,(H,21,25,27)/t14-,15+,19+/m0/s1. The van der Waals surface area contributed by atoms with Gasteiger partial charge in [0.1, 0.15) is 5.75 Å². The molecule has 1 fully saturated rings. The van der Waals surface area contributed by atoms with Gasteiger partial charge in [0, 0.05) is 25.4 Å². The van der Waals surface area contributed by atoms with Crippen LogP contribution in [0.4, 0.5) is 0 Å². The summed E-state index contributed by atoms with van der Waals surface area (Å²) in [5.41, 5.74) is 4.52. The van der Waals surface area contributed by atoms with Crippen LogP contribution in [0.15, 0.2) is 46.1 Å². The highest BCUT2D eigenvalue weighted by atomic mass is 16.3. The second-order valence-electron chi connectivity index (χ2n) is 7.40. The average molecular weight is 388 g/mol. The average Bonchev–Trinajstić information content (AvgIpc) is 2.63. The minimum atomic E-state index is -1.22. The topological polar surface area (TPSA) is 142 Å². The van der Waals surface area contributed by atoms with Gasteiger partial charge in [-0.05, 0) is 37.5 Å². The lowest BCUT2D eigenvalue weighted by atomic mass is 9.87. The Hall–Kier alpha value is -2.91. The Kier molecular flexibility index (Phi) is 5.39. The van der Waals surface area contributed by atoms with Crippen LogP contribution in [0.25, 0.3) is 0 Å². The largest absolute Gasteiger partial charge is 0.508 e. The number of aliphatic hydroxyl groups is 1. The molecule has 0 aliphatic carbocycles. The molecule has 28 heavy (non-hydrogen) atoms. The number of nitrogens with two attached hydrogens (primary N) is 1. The van der Waals surface area contributed by atoms with Crippen LogP contribution in [0, 0.1) is 0 Å². The number of benzene rings is 1. The van der Waals surface area contributed by atoms with Gasteiger partial charge in [-0.1, -0.05) is 12.1 Å². The van der Waals surface area contributed by atoms with Gasteiger partial charge in [0.2, 0.25) is 5.91 Å². The van der Waals surface area contributed by atoms with Gasteiger partial charge < -0.3 is 20.8 Å². The van der Waals surface area contributed by atoms with Crippen LogP contribution < -0.4 is 17.0 Å². The van der Waals surface area contributed by atoms with Crippen LogP contribution >= 0.6 is 0 Å². The van der Waals surface area contributed by atoms with Crippen molar-refractivity contribution >= 4 is 5.91 Å². The molecule has 0 spiro atoms. The molecule has 3 rings (SSSR count). The second kappa shape index (κ2) is 7.61. The number of rotatable bonds is 4. The Morgan fingerprint density at radius 1 is 1.32 bits per heavy atom. The Morgan fingerprint density at radius 3 is 2.64 bits per heavy atom. The first-order valence-corrected chi connectivity index (χ1v) is 9.03. The molecule has 1 aromatic heterocycles. The maximum absolute atomic E-state index is 12.8. The minimum absolute atomic E-state index is 0.0983. The molecule has 0 radical (unpaired) electrons. The first kappa shape index (κ1) is 19.8. The molecule has 9 heteroatoms. The van der Waals surface area contributed by atoms with Gasteiger partial charge in [-0.25, -0.2) is 4.79 Å². The summed E-state index contributed by atoms with van der Waals surface area (Å²) in [6.07, 6.45) is 1.89. The van der Waals surface area contributed by atoms with E-state index < -0.39 is 28.9 Å². The van der Waals surface area contributed by atoms with Crippen molar-refractivity contribution in [3.05, 3.63) is 62.9 Å². The van der Waals surface area contributed by atoms with Crippen LogP contribution in [0.5, 0.6) is 5.75 Å². The Labute approximate surface area is 161 Å². The Balaban J connectivity index is 1.77. The number of hydrogen-bond acceptors (Lipinski definition) is 6. The lowest BCUT2D eigenvalue weighted by molar-refractivity contribution is -0.139. The zero-order chi connectivity index (χ0) is 20.5. The molecular weight excluding hydrogens is 364 g/mol. The molecule has 2 heterocycles. The molecule has 1 aliphatic heterocycles. The van der Waals surface area contributed by atoms with E-state index in [2.05, 4.69) is 4.98 Å². The summed E-state index contributed by atoms with van der Waals surface area (Å²) in [7, 11) is 0. The molecule has 2 aromatic rings. The smallest absolute Gasteiger partial charge is 0.328 e. The number of amides is 1. The minimum Gasteiger partial charge on any atom is -0.508 e. The van der Waals surface area contributed by atoms with Gasteiger partial charge in [-0.2, -0.15) is 0 Å². The monoisotopic (exact) mass is 388 g/mol. The van der Waals surface area contributed by atoms with E-state index in [-0.39, 0.29) is 24.6 Å². The lowest BCUT2D eigenvalue weighted by Gasteiger charge is -2.43. The van der Waals surface area contributed by atoms with E-state index >= 15 is 0 Å². The van der Waals surface area contributed by atoms with Crippen molar-refractivity contribution in [3.63, 3.8) is 0 Å². The number of carbonyl (C=O) groups is 1. The lowest BCUT2D eigenvalue weighted by Crippen LogP contribution is -2.57. The maximum Gasteiger partial charge on any atom is 0.328 e. The molecule has 9 nitrogen and oxygen atoms in total. The van der Waals surface area contributed by atoms with Crippen molar-refractivity contribution in [1.29, 1.82) is 0 Å². The second-order valence-corrected chi connectivity index (χ2v) is 7.40. The molecule has 5 N–H and O–H groups in total. The molecule has 1 amide bonds. The number of likely N-dealkylation sites (tertiary alicyclic amines) is 1. The molecule has 0 saturated carbocycles. The zero-order valence-corrected chi connectivity index (χ0v) is 15.5. The maximum atomic E-state index is 12.8. The van der Waals surface area contributed by atoms with Gasteiger partial charge in [0.05, 0.1) is 17.7 Å². The van der Waals surface area contributed by atoms with Crippen molar-refractivity contribution in [3.8, 4) is 5.75 Å². The van der Waals surface area contributed by atoms with Crippen LogP contribution in [0.3, 0.4) is 0 Å². The molecule has 1 aromatic carbocycles. The number of phenols is 1. The van der Waals surface area contributed by atoms with E-state index in [4.69, 9.17) is 5.73 Å². The van der Waals surface area contributed by atoms with E-state index in [9.17, 15) is 24.6 Å². The summed E-state index contributed by atoms with van der Waals surface area (Å²) in [4.78, 5) is 40.0. The van der Waals surface area contributed by atoms with Gasteiger partial charge >= 0.3 is 5.69 Å². The highest BCUT2D eigenvalue weighted by Gasteiger charge is 2.41. The van der Waals surface area contributed by atoms with Crippen LogP contribution in [-0.4, -0.2) is 55.3 Å². The SMILES string of the molecule is C[C@@]1(O)CCN(C(=O)[C@@H](N)Cc2ccc(O)cc2)C[C@H]1n1ccc(=O)[nH]c1=O. The normalized spacial score (nSPS) is 23.4. The molecule has 1 saturated heterocycles. The summed E-state index contributed by atoms with van der Waals surface area (Å²) in [6, 6.07) is 6.16. The fourth-order valence-corrected chi connectivity index (χ4v) is 3.49. The third kappa shape index (κ3) is 4.15. The first-order chi connectivity index (χ1) is 13.2. The molecule has 3 atom stereocenters. The molecule has 150 valence electrons. The van der Waals surface area contributed by atoms with Crippen molar-refractivity contribution in [1.82, 2.24) is 14.5 Å². The van der Waals surface area contributed by atoms with Crippen molar-refractivity contribution in [2.45, 2.75) is 37.5 Å². The number of aromatic amines is 1.